The number of hydrogen-bond donors (Lipinski definition) is 2. The summed E-state index contributed by atoms with van der Waals surface area (Å²) in [4.78, 5) is 26.0. The minimum Gasteiger partial charge on any atom is -0.325 e. The first-order valence-corrected chi connectivity index (χ1v) is 15.9. The molecule has 4 aromatic carbocycles. The van der Waals surface area contributed by atoms with Crippen molar-refractivity contribution in [1.82, 2.24) is 0 Å². The first-order valence-electron chi connectivity index (χ1n) is 15.1. The van der Waals surface area contributed by atoms with Gasteiger partial charge in [-0.3, -0.25) is 9.59 Å². The lowest BCUT2D eigenvalue weighted by Gasteiger charge is -2.19. The van der Waals surface area contributed by atoms with Crippen molar-refractivity contribution in [3.63, 3.8) is 0 Å². The lowest BCUT2D eigenvalue weighted by molar-refractivity contribution is -0.116. The maximum Gasteiger partial charge on any atom is 0.228 e. The fraction of sp³-hybridized carbons (Fsp3) is 0.297. The van der Waals surface area contributed by atoms with Crippen molar-refractivity contribution < 1.29 is 9.59 Å². The Bertz CT molecular complexity index is 1440. The summed E-state index contributed by atoms with van der Waals surface area (Å²) in [6.45, 7) is 8.49. The van der Waals surface area contributed by atoms with Gasteiger partial charge in [-0.15, -0.1) is 0 Å². The van der Waals surface area contributed by atoms with Crippen LogP contribution in [0.3, 0.4) is 0 Å². The molecule has 4 aromatic rings. The van der Waals surface area contributed by atoms with Crippen LogP contribution in [0.4, 0.5) is 11.4 Å². The van der Waals surface area contributed by atoms with Crippen LogP contribution in [0, 0.1) is 0 Å². The summed E-state index contributed by atoms with van der Waals surface area (Å²) < 4.78 is 0. The van der Waals surface area contributed by atoms with Gasteiger partial charge < -0.3 is 10.6 Å². The first kappa shape index (κ1) is 32.3. The number of benzene rings is 4. The highest BCUT2D eigenvalue weighted by Crippen LogP contribution is 2.30. The standard InChI is InChI=1S/C37H40Cl2N2O2/c1-5-28-16-26(17-29(6-2)36(28)40-34(42)22-24-11-9-13-32(38)20-24)15-27-18-30(7-3)37(31(8-4)19-27)41-35(43)23-25-12-10-14-33(39)21-25/h9-14,16-21H,5-8,15,22-23H2,1-4H3,(H,40,42)(H,41,43). The number of rotatable bonds is 12. The molecule has 0 atom stereocenters. The quantitative estimate of drug-likeness (QED) is 0.167. The van der Waals surface area contributed by atoms with E-state index in [2.05, 4.69) is 62.6 Å². The summed E-state index contributed by atoms with van der Waals surface area (Å²) in [6.07, 6.45) is 4.56. The van der Waals surface area contributed by atoms with Gasteiger partial charge in [0.05, 0.1) is 12.8 Å². The number of nitrogens with one attached hydrogen (secondary N) is 2. The van der Waals surface area contributed by atoms with Gasteiger partial charge in [-0.25, -0.2) is 0 Å². The van der Waals surface area contributed by atoms with E-state index >= 15 is 0 Å². The van der Waals surface area contributed by atoms with E-state index in [0.717, 1.165) is 76.9 Å². The molecule has 0 fully saturated rings. The zero-order valence-electron chi connectivity index (χ0n) is 25.5. The first-order chi connectivity index (χ1) is 20.7. The third-order valence-corrected chi connectivity index (χ3v) is 8.16. The summed E-state index contributed by atoms with van der Waals surface area (Å²) in [6, 6.07) is 23.7. The zero-order valence-corrected chi connectivity index (χ0v) is 27.0. The predicted molar refractivity (Wildman–Crippen MR) is 181 cm³/mol. The highest BCUT2D eigenvalue weighted by Gasteiger charge is 2.16. The van der Waals surface area contributed by atoms with Crippen LogP contribution in [-0.4, -0.2) is 11.8 Å². The van der Waals surface area contributed by atoms with Crippen molar-refractivity contribution in [3.05, 3.63) is 127 Å². The molecule has 4 rings (SSSR count). The van der Waals surface area contributed by atoms with Crippen molar-refractivity contribution in [1.29, 1.82) is 0 Å². The number of halogens is 2. The van der Waals surface area contributed by atoms with Gasteiger partial charge in [0.25, 0.3) is 0 Å². The van der Waals surface area contributed by atoms with Crippen molar-refractivity contribution in [2.45, 2.75) is 72.6 Å². The molecule has 0 saturated carbocycles. The van der Waals surface area contributed by atoms with Crippen molar-refractivity contribution in [2.24, 2.45) is 0 Å². The molecule has 0 aliphatic heterocycles. The lowest BCUT2D eigenvalue weighted by atomic mass is 9.92. The molecule has 0 spiro atoms. The number of carbonyl (C=O) groups excluding carboxylic acids is 2. The maximum atomic E-state index is 13.0. The van der Waals surface area contributed by atoms with E-state index in [0.29, 0.717) is 10.0 Å². The van der Waals surface area contributed by atoms with Crippen LogP contribution in [0.15, 0.2) is 72.8 Å². The topological polar surface area (TPSA) is 58.2 Å². The second-order valence-electron chi connectivity index (χ2n) is 10.9. The van der Waals surface area contributed by atoms with Crippen LogP contribution in [0.1, 0.15) is 72.2 Å². The summed E-state index contributed by atoms with van der Waals surface area (Å²) in [5, 5.41) is 7.64. The maximum absolute atomic E-state index is 13.0. The van der Waals surface area contributed by atoms with E-state index in [1.165, 1.54) is 11.1 Å². The summed E-state index contributed by atoms with van der Waals surface area (Å²) >= 11 is 12.2. The molecule has 0 bridgehead atoms. The van der Waals surface area contributed by atoms with Crippen LogP contribution >= 0.6 is 23.2 Å². The smallest absolute Gasteiger partial charge is 0.228 e. The fourth-order valence-corrected chi connectivity index (χ4v) is 6.01. The van der Waals surface area contributed by atoms with Gasteiger partial charge in [-0.1, -0.05) is 99.4 Å². The number of aryl methyl sites for hydroxylation is 4. The Morgan fingerprint density at radius 1 is 0.535 bits per heavy atom. The Balaban J connectivity index is 1.55. The molecule has 0 aliphatic carbocycles. The number of amides is 2. The molecular weight excluding hydrogens is 575 g/mol. The van der Waals surface area contributed by atoms with Gasteiger partial charge in [0.15, 0.2) is 0 Å². The molecule has 0 unspecified atom stereocenters. The average molecular weight is 616 g/mol. The minimum absolute atomic E-state index is 0.0485. The molecule has 0 aromatic heterocycles. The largest absolute Gasteiger partial charge is 0.325 e. The van der Waals surface area contributed by atoms with Crippen LogP contribution in [-0.2, 0) is 54.5 Å². The van der Waals surface area contributed by atoms with Gasteiger partial charge in [-0.2, -0.15) is 0 Å². The van der Waals surface area contributed by atoms with E-state index in [4.69, 9.17) is 23.2 Å². The summed E-state index contributed by atoms with van der Waals surface area (Å²) in [5.74, 6) is -0.0971. The number of anilines is 2. The average Bonchev–Trinajstić information content (AvgIpc) is 2.98. The zero-order chi connectivity index (χ0) is 30.9. The molecular formula is C37H40Cl2N2O2. The summed E-state index contributed by atoms with van der Waals surface area (Å²) in [7, 11) is 0. The minimum atomic E-state index is -0.0485. The second kappa shape index (κ2) is 15.2. The lowest BCUT2D eigenvalue weighted by Crippen LogP contribution is -2.17. The molecule has 0 saturated heterocycles. The molecule has 224 valence electrons. The molecule has 0 aliphatic rings. The molecule has 43 heavy (non-hydrogen) atoms. The van der Waals surface area contributed by atoms with Crippen molar-refractivity contribution >= 4 is 46.4 Å². The van der Waals surface area contributed by atoms with E-state index < -0.39 is 0 Å². The van der Waals surface area contributed by atoms with E-state index in [1.54, 1.807) is 0 Å². The van der Waals surface area contributed by atoms with E-state index in [9.17, 15) is 9.59 Å². The van der Waals surface area contributed by atoms with Gasteiger partial charge in [0, 0.05) is 21.4 Å². The van der Waals surface area contributed by atoms with Crippen LogP contribution in [0.5, 0.6) is 0 Å². The van der Waals surface area contributed by atoms with Crippen LogP contribution in [0.2, 0.25) is 10.0 Å². The van der Waals surface area contributed by atoms with Crippen LogP contribution < -0.4 is 10.6 Å². The SMILES string of the molecule is CCc1cc(Cc2cc(CC)c(NC(=O)Cc3cccc(Cl)c3)c(CC)c2)cc(CC)c1NC(=O)Cc1cccc(Cl)c1. The van der Waals surface area contributed by atoms with Gasteiger partial charge >= 0.3 is 0 Å². The Kier molecular flexibility index (Phi) is 11.4. The normalized spacial score (nSPS) is 10.9. The van der Waals surface area contributed by atoms with Gasteiger partial charge in [-0.05, 0) is 101 Å². The Morgan fingerprint density at radius 2 is 0.884 bits per heavy atom. The highest BCUT2D eigenvalue weighted by atomic mass is 35.5. The van der Waals surface area contributed by atoms with Gasteiger partial charge in [0.2, 0.25) is 11.8 Å². The highest BCUT2D eigenvalue weighted by molar-refractivity contribution is 6.31. The van der Waals surface area contributed by atoms with Gasteiger partial charge in [0.1, 0.15) is 0 Å². The molecule has 4 nitrogen and oxygen atoms in total. The Hall–Kier alpha value is -3.60. The fourth-order valence-electron chi connectivity index (χ4n) is 5.59. The molecule has 0 heterocycles. The number of hydrogen-bond acceptors (Lipinski definition) is 2. The second-order valence-corrected chi connectivity index (χ2v) is 11.8. The third kappa shape index (κ3) is 8.72. The Labute approximate surface area is 265 Å². The summed E-state index contributed by atoms with van der Waals surface area (Å²) in [5.41, 5.74) is 10.6. The third-order valence-electron chi connectivity index (χ3n) is 7.69. The molecule has 2 N–H and O–H groups in total. The molecule has 0 radical (unpaired) electrons. The van der Waals surface area contributed by atoms with Crippen molar-refractivity contribution in [3.8, 4) is 0 Å². The molecule has 6 heteroatoms. The predicted octanol–water partition coefficient (Wildman–Crippen LogP) is 9.20. The van der Waals surface area contributed by atoms with Crippen molar-refractivity contribution in [2.75, 3.05) is 10.6 Å². The van der Waals surface area contributed by atoms with E-state index in [1.807, 2.05) is 48.5 Å². The van der Waals surface area contributed by atoms with E-state index in [-0.39, 0.29) is 24.7 Å². The monoisotopic (exact) mass is 614 g/mol. The van der Waals surface area contributed by atoms with Crippen LogP contribution in [0.25, 0.3) is 0 Å². The number of carbonyl (C=O) groups is 2. The Morgan fingerprint density at radius 3 is 1.19 bits per heavy atom. The molecule has 2 amide bonds.